The number of pyridine rings is 1. The molecule has 1 saturated carbocycles. The molecule has 1 amide bonds. The van der Waals surface area contributed by atoms with Gasteiger partial charge in [0.15, 0.2) is 5.79 Å². The minimum absolute atomic E-state index is 0.0608. The Bertz CT molecular complexity index is 538. The van der Waals surface area contributed by atoms with Crippen LogP contribution in [0.3, 0.4) is 0 Å². The van der Waals surface area contributed by atoms with Crippen LogP contribution in [0.25, 0.3) is 0 Å². The summed E-state index contributed by atoms with van der Waals surface area (Å²) < 4.78 is 12.0. The van der Waals surface area contributed by atoms with Crippen LogP contribution in [0.2, 0.25) is 0 Å². The third-order valence-corrected chi connectivity index (χ3v) is 4.69. The first-order valence-corrected chi connectivity index (χ1v) is 8.09. The number of hydrogen-bond acceptors (Lipinski definition) is 4. The second-order valence-electron chi connectivity index (χ2n) is 6.49. The van der Waals surface area contributed by atoms with Crippen LogP contribution in [0.5, 0.6) is 0 Å². The van der Waals surface area contributed by atoms with E-state index in [0.29, 0.717) is 18.7 Å². The summed E-state index contributed by atoms with van der Waals surface area (Å²) in [7, 11) is 0. The van der Waals surface area contributed by atoms with Gasteiger partial charge in [0.1, 0.15) is 6.10 Å². The molecule has 1 aliphatic heterocycles. The van der Waals surface area contributed by atoms with E-state index in [0.717, 1.165) is 37.3 Å². The summed E-state index contributed by atoms with van der Waals surface area (Å²) >= 11 is 0. The number of aryl methyl sites for hydroxylation is 1. The highest BCUT2D eigenvalue weighted by Crippen LogP contribution is 2.39. The SMILES string of the molecule is Cc1ncccc1C(=O)NC[C@H]1COC2(CCC(C)CC2)O1. The van der Waals surface area contributed by atoms with Gasteiger partial charge in [0, 0.05) is 31.3 Å². The first kappa shape index (κ1) is 15.4. The molecule has 1 atom stereocenters. The van der Waals surface area contributed by atoms with Crippen LogP contribution < -0.4 is 5.32 Å². The molecule has 0 bridgehead atoms. The van der Waals surface area contributed by atoms with Gasteiger partial charge in [0.25, 0.3) is 5.91 Å². The average Bonchev–Trinajstić information content (AvgIpc) is 2.92. The molecule has 2 aliphatic rings. The molecule has 5 heteroatoms. The van der Waals surface area contributed by atoms with Crippen molar-refractivity contribution in [2.75, 3.05) is 13.2 Å². The number of carbonyl (C=O) groups excluding carboxylic acids is 1. The molecule has 1 aromatic rings. The smallest absolute Gasteiger partial charge is 0.253 e. The zero-order chi connectivity index (χ0) is 15.6. The molecule has 2 fully saturated rings. The number of nitrogens with one attached hydrogen (secondary N) is 1. The van der Waals surface area contributed by atoms with Gasteiger partial charge in [-0.05, 0) is 37.8 Å². The molecule has 0 aromatic carbocycles. The zero-order valence-electron chi connectivity index (χ0n) is 13.3. The van der Waals surface area contributed by atoms with E-state index >= 15 is 0 Å². The Morgan fingerprint density at radius 1 is 1.45 bits per heavy atom. The van der Waals surface area contributed by atoms with Gasteiger partial charge in [0.05, 0.1) is 12.2 Å². The lowest BCUT2D eigenvalue weighted by Gasteiger charge is -2.34. The molecule has 5 nitrogen and oxygen atoms in total. The number of aromatic nitrogens is 1. The van der Waals surface area contributed by atoms with E-state index in [-0.39, 0.29) is 12.0 Å². The highest BCUT2D eigenvalue weighted by atomic mass is 16.7. The second kappa shape index (κ2) is 6.34. The minimum atomic E-state index is -0.397. The van der Waals surface area contributed by atoms with E-state index in [4.69, 9.17) is 9.47 Å². The molecular weight excluding hydrogens is 280 g/mol. The van der Waals surface area contributed by atoms with Crippen molar-refractivity contribution in [3.63, 3.8) is 0 Å². The van der Waals surface area contributed by atoms with Crippen molar-refractivity contribution in [2.45, 2.75) is 51.4 Å². The Hall–Kier alpha value is -1.46. The number of hydrogen-bond donors (Lipinski definition) is 1. The van der Waals surface area contributed by atoms with Gasteiger partial charge in [-0.25, -0.2) is 0 Å². The van der Waals surface area contributed by atoms with Crippen molar-refractivity contribution in [3.8, 4) is 0 Å². The fraction of sp³-hybridized carbons (Fsp3) is 0.647. The van der Waals surface area contributed by atoms with Crippen LogP contribution in [-0.4, -0.2) is 35.9 Å². The molecule has 1 aliphatic carbocycles. The summed E-state index contributed by atoms with van der Waals surface area (Å²) in [5, 5.41) is 2.93. The summed E-state index contributed by atoms with van der Waals surface area (Å²) in [4.78, 5) is 16.3. The molecule has 0 unspecified atom stereocenters. The summed E-state index contributed by atoms with van der Waals surface area (Å²) in [5.41, 5.74) is 1.35. The predicted molar refractivity (Wildman–Crippen MR) is 82.5 cm³/mol. The standard InChI is InChI=1S/C17H24N2O3/c1-12-5-7-17(8-6-12)21-11-14(22-17)10-19-16(20)15-4-3-9-18-13(15)2/h3-4,9,12,14H,5-8,10-11H2,1-2H3,(H,19,20)/t12?,14-,17?/m0/s1. The van der Waals surface area contributed by atoms with Gasteiger partial charge in [-0.2, -0.15) is 0 Å². The van der Waals surface area contributed by atoms with Crippen molar-refractivity contribution in [3.05, 3.63) is 29.6 Å². The molecule has 1 spiro atoms. The van der Waals surface area contributed by atoms with Gasteiger partial charge >= 0.3 is 0 Å². The molecule has 120 valence electrons. The first-order chi connectivity index (χ1) is 10.6. The zero-order valence-corrected chi connectivity index (χ0v) is 13.3. The van der Waals surface area contributed by atoms with E-state index < -0.39 is 5.79 Å². The minimum Gasteiger partial charge on any atom is -0.349 e. The quantitative estimate of drug-likeness (QED) is 0.932. The van der Waals surface area contributed by atoms with E-state index in [1.807, 2.05) is 6.92 Å². The van der Waals surface area contributed by atoms with E-state index in [2.05, 4.69) is 17.2 Å². The molecule has 0 radical (unpaired) electrons. The number of nitrogens with zero attached hydrogens (tertiary/aromatic N) is 1. The van der Waals surface area contributed by atoms with Gasteiger partial charge in [-0.1, -0.05) is 6.92 Å². The number of ether oxygens (including phenoxy) is 2. The predicted octanol–water partition coefficient (Wildman–Crippen LogP) is 2.44. The molecule has 1 aromatic heterocycles. The van der Waals surface area contributed by atoms with Gasteiger partial charge in [-0.3, -0.25) is 9.78 Å². The maximum absolute atomic E-state index is 12.2. The van der Waals surface area contributed by atoms with E-state index in [1.165, 1.54) is 0 Å². The van der Waals surface area contributed by atoms with Gasteiger partial charge in [0.2, 0.25) is 0 Å². The normalized spacial score (nSPS) is 31.4. The maximum Gasteiger partial charge on any atom is 0.253 e. The fourth-order valence-electron chi connectivity index (χ4n) is 3.21. The maximum atomic E-state index is 12.2. The Balaban J connectivity index is 1.51. The molecule has 22 heavy (non-hydrogen) atoms. The van der Waals surface area contributed by atoms with E-state index in [1.54, 1.807) is 18.3 Å². The van der Waals surface area contributed by atoms with Crippen LogP contribution in [0.4, 0.5) is 0 Å². The second-order valence-corrected chi connectivity index (χ2v) is 6.49. The monoisotopic (exact) mass is 304 g/mol. The Kier molecular flexibility index (Phi) is 4.45. The lowest BCUT2D eigenvalue weighted by atomic mass is 9.86. The van der Waals surface area contributed by atoms with Gasteiger partial charge < -0.3 is 14.8 Å². The topological polar surface area (TPSA) is 60.5 Å². The summed E-state index contributed by atoms with van der Waals surface area (Å²) in [5.74, 6) is 0.254. The molecule has 1 saturated heterocycles. The molecule has 3 rings (SSSR count). The van der Waals surface area contributed by atoms with Crippen LogP contribution >= 0.6 is 0 Å². The van der Waals surface area contributed by atoms with Crippen LogP contribution in [0.15, 0.2) is 18.3 Å². The third kappa shape index (κ3) is 3.31. The molecular formula is C17H24N2O3. The fourth-order valence-corrected chi connectivity index (χ4v) is 3.21. The lowest BCUT2D eigenvalue weighted by molar-refractivity contribution is -0.191. The Labute approximate surface area is 131 Å². The Morgan fingerprint density at radius 2 is 2.23 bits per heavy atom. The summed E-state index contributed by atoms with van der Waals surface area (Å²) in [6.07, 6.45) is 5.84. The van der Waals surface area contributed by atoms with Gasteiger partial charge in [-0.15, -0.1) is 0 Å². The van der Waals surface area contributed by atoms with Crippen molar-refractivity contribution >= 4 is 5.91 Å². The van der Waals surface area contributed by atoms with E-state index in [9.17, 15) is 4.79 Å². The molecule has 2 heterocycles. The first-order valence-electron chi connectivity index (χ1n) is 8.09. The Morgan fingerprint density at radius 3 is 2.95 bits per heavy atom. The highest BCUT2D eigenvalue weighted by Gasteiger charge is 2.43. The largest absolute Gasteiger partial charge is 0.349 e. The van der Waals surface area contributed by atoms with Crippen molar-refractivity contribution in [1.29, 1.82) is 0 Å². The van der Waals surface area contributed by atoms with Crippen molar-refractivity contribution in [2.24, 2.45) is 5.92 Å². The highest BCUT2D eigenvalue weighted by molar-refractivity contribution is 5.95. The summed E-state index contributed by atoms with van der Waals surface area (Å²) in [6.45, 7) is 5.14. The summed E-state index contributed by atoms with van der Waals surface area (Å²) in [6, 6.07) is 3.56. The van der Waals surface area contributed by atoms with Crippen molar-refractivity contribution in [1.82, 2.24) is 10.3 Å². The number of carbonyl (C=O) groups is 1. The van der Waals surface area contributed by atoms with Crippen LogP contribution in [0.1, 0.15) is 48.7 Å². The average molecular weight is 304 g/mol. The number of amides is 1. The third-order valence-electron chi connectivity index (χ3n) is 4.69. The number of rotatable bonds is 3. The van der Waals surface area contributed by atoms with Crippen LogP contribution in [-0.2, 0) is 9.47 Å². The van der Waals surface area contributed by atoms with Crippen molar-refractivity contribution < 1.29 is 14.3 Å². The lowest BCUT2D eigenvalue weighted by Crippen LogP contribution is -2.38. The van der Waals surface area contributed by atoms with Crippen LogP contribution in [0, 0.1) is 12.8 Å². The molecule has 1 N–H and O–H groups in total.